The molecule has 6 heteroatoms. The summed E-state index contributed by atoms with van der Waals surface area (Å²) >= 11 is 1.74. The smallest absolute Gasteiger partial charge is 0.241 e. The molecule has 2 unspecified atom stereocenters. The average molecular weight is 314 g/mol. The van der Waals surface area contributed by atoms with Gasteiger partial charge in [-0.2, -0.15) is 11.8 Å². The fraction of sp³-hybridized carbons (Fsp3) is 0.571. The third-order valence-electron chi connectivity index (χ3n) is 3.97. The van der Waals surface area contributed by atoms with Gasteiger partial charge in [0.25, 0.3) is 0 Å². The zero-order valence-corrected chi connectivity index (χ0v) is 13.6. The van der Waals surface area contributed by atoms with Gasteiger partial charge in [-0.25, -0.2) is 13.1 Å². The van der Waals surface area contributed by atoms with Crippen LogP contribution in [0.2, 0.25) is 0 Å². The quantitative estimate of drug-likeness (QED) is 0.872. The highest BCUT2D eigenvalue weighted by Gasteiger charge is 2.31. The summed E-state index contributed by atoms with van der Waals surface area (Å²) in [5.74, 6) is 0. The van der Waals surface area contributed by atoms with Crippen molar-refractivity contribution >= 4 is 21.8 Å². The first-order valence-corrected chi connectivity index (χ1v) is 9.60. The van der Waals surface area contributed by atoms with Crippen molar-refractivity contribution in [2.75, 3.05) is 6.26 Å². The molecule has 1 aromatic carbocycles. The van der Waals surface area contributed by atoms with E-state index in [1.54, 1.807) is 23.9 Å². The van der Waals surface area contributed by atoms with E-state index in [9.17, 15) is 8.42 Å². The van der Waals surface area contributed by atoms with Crippen LogP contribution < -0.4 is 10.5 Å². The van der Waals surface area contributed by atoms with E-state index in [0.717, 1.165) is 30.4 Å². The topological polar surface area (TPSA) is 72.2 Å². The number of nitrogens with one attached hydrogen (secondary N) is 1. The van der Waals surface area contributed by atoms with Crippen molar-refractivity contribution in [2.24, 2.45) is 5.73 Å². The van der Waals surface area contributed by atoms with Crippen molar-refractivity contribution in [1.29, 1.82) is 0 Å². The van der Waals surface area contributed by atoms with Gasteiger partial charge in [0.05, 0.1) is 4.90 Å². The van der Waals surface area contributed by atoms with Crippen LogP contribution >= 0.6 is 11.8 Å². The van der Waals surface area contributed by atoms with Gasteiger partial charge in [0, 0.05) is 17.8 Å². The molecule has 0 aliphatic heterocycles. The van der Waals surface area contributed by atoms with Crippen LogP contribution in [0.15, 0.2) is 23.1 Å². The Hall–Kier alpha value is -0.560. The van der Waals surface area contributed by atoms with Gasteiger partial charge in [0.2, 0.25) is 10.0 Å². The van der Waals surface area contributed by atoms with Crippen LogP contribution in [-0.4, -0.2) is 26.0 Å². The monoisotopic (exact) mass is 314 g/mol. The molecule has 0 radical (unpaired) electrons. The molecule has 1 fully saturated rings. The molecule has 0 saturated heterocycles. The SMILES string of the molecule is CSC1CCCC1NS(=O)(=O)c1cccc(CN)c1C. The molecular weight excluding hydrogens is 292 g/mol. The molecule has 0 bridgehead atoms. The van der Waals surface area contributed by atoms with E-state index in [4.69, 9.17) is 5.73 Å². The molecule has 1 saturated carbocycles. The molecule has 20 heavy (non-hydrogen) atoms. The molecular formula is C14H22N2O2S2. The van der Waals surface area contributed by atoms with Gasteiger partial charge in [-0.15, -0.1) is 0 Å². The molecule has 2 rings (SSSR count). The number of hydrogen-bond acceptors (Lipinski definition) is 4. The molecule has 1 aliphatic rings. The number of rotatable bonds is 5. The summed E-state index contributed by atoms with van der Waals surface area (Å²) in [6.07, 6.45) is 5.12. The Bertz CT molecular complexity index is 573. The number of thioether (sulfide) groups is 1. The van der Waals surface area contributed by atoms with Gasteiger partial charge in [-0.3, -0.25) is 0 Å². The Morgan fingerprint density at radius 2 is 2.15 bits per heavy atom. The summed E-state index contributed by atoms with van der Waals surface area (Å²) in [4.78, 5) is 0.354. The molecule has 0 amide bonds. The Balaban J connectivity index is 2.27. The Labute approximate surface area is 125 Å². The van der Waals surface area contributed by atoms with Crippen molar-refractivity contribution in [3.63, 3.8) is 0 Å². The maximum absolute atomic E-state index is 12.6. The first-order valence-electron chi connectivity index (χ1n) is 6.83. The van der Waals surface area contributed by atoms with Gasteiger partial charge >= 0.3 is 0 Å². The first-order chi connectivity index (χ1) is 9.49. The number of sulfonamides is 1. The minimum Gasteiger partial charge on any atom is -0.326 e. The highest BCUT2D eigenvalue weighted by molar-refractivity contribution is 7.99. The fourth-order valence-electron chi connectivity index (χ4n) is 2.78. The highest BCUT2D eigenvalue weighted by atomic mass is 32.2. The van der Waals surface area contributed by atoms with Crippen LogP contribution in [0, 0.1) is 6.92 Å². The fourth-order valence-corrected chi connectivity index (χ4v) is 5.40. The maximum atomic E-state index is 12.6. The largest absolute Gasteiger partial charge is 0.326 e. The normalized spacial score (nSPS) is 23.1. The highest BCUT2D eigenvalue weighted by Crippen LogP contribution is 2.30. The van der Waals surface area contributed by atoms with Crippen LogP contribution in [0.1, 0.15) is 30.4 Å². The van der Waals surface area contributed by atoms with Crippen LogP contribution in [0.25, 0.3) is 0 Å². The van der Waals surface area contributed by atoms with Gasteiger partial charge in [0.15, 0.2) is 0 Å². The van der Waals surface area contributed by atoms with Crippen LogP contribution in [0.4, 0.5) is 0 Å². The molecule has 3 N–H and O–H groups in total. The molecule has 1 aliphatic carbocycles. The molecule has 2 atom stereocenters. The van der Waals surface area contributed by atoms with Crippen LogP contribution in [-0.2, 0) is 16.6 Å². The second-order valence-electron chi connectivity index (χ2n) is 5.18. The zero-order valence-electron chi connectivity index (χ0n) is 11.9. The molecule has 0 aromatic heterocycles. The van der Waals surface area contributed by atoms with Crippen molar-refractivity contribution in [3.05, 3.63) is 29.3 Å². The first kappa shape index (κ1) is 15.8. The Kier molecular flexibility index (Phi) is 5.12. The zero-order chi connectivity index (χ0) is 14.8. The van der Waals surface area contributed by atoms with E-state index < -0.39 is 10.0 Å². The van der Waals surface area contributed by atoms with Gasteiger partial charge in [0.1, 0.15) is 0 Å². The van der Waals surface area contributed by atoms with Crippen molar-refractivity contribution in [3.8, 4) is 0 Å². The lowest BCUT2D eigenvalue weighted by molar-refractivity contribution is 0.554. The second kappa shape index (κ2) is 6.47. The van der Waals surface area contributed by atoms with Gasteiger partial charge in [-0.1, -0.05) is 18.6 Å². The molecule has 1 aromatic rings. The molecule has 0 heterocycles. The maximum Gasteiger partial charge on any atom is 0.241 e. The molecule has 0 spiro atoms. The lowest BCUT2D eigenvalue weighted by Crippen LogP contribution is -2.38. The minimum absolute atomic E-state index is 0.0379. The predicted octanol–water partition coefficient (Wildman–Crippen LogP) is 2.02. The second-order valence-corrected chi connectivity index (χ2v) is 7.94. The van der Waals surface area contributed by atoms with E-state index in [1.165, 1.54) is 0 Å². The van der Waals surface area contributed by atoms with Gasteiger partial charge in [-0.05, 0) is 43.2 Å². The van der Waals surface area contributed by atoms with E-state index >= 15 is 0 Å². The Morgan fingerprint density at radius 3 is 2.80 bits per heavy atom. The molecule has 112 valence electrons. The van der Waals surface area contributed by atoms with Crippen molar-refractivity contribution in [2.45, 2.75) is 48.9 Å². The Morgan fingerprint density at radius 1 is 1.40 bits per heavy atom. The average Bonchev–Trinajstić information content (AvgIpc) is 2.85. The summed E-state index contributed by atoms with van der Waals surface area (Å²) in [5, 5.41) is 0.378. The predicted molar refractivity (Wildman–Crippen MR) is 84.3 cm³/mol. The lowest BCUT2D eigenvalue weighted by Gasteiger charge is -2.20. The van der Waals surface area contributed by atoms with E-state index in [-0.39, 0.29) is 6.04 Å². The summed E-state index contributed by atoms with van der Waals surface area (Å²) in [6.45, 7) is 2.17. The van der Waals surface area contributed by atoms with Crippen molar-refractivity contribution < 1.29 is 8.42 Å². The summed E-state index contributed by atoms with van der Waals surface area (Å²) < 4.78 is 28.0. The van der Waals surface area contributed by atoms with E-state index in [0.29, 0.717) is 16.7 Å². The number of nitrogens with two attached hydrogens (primary N) is 1. The summed E-state index contributed by atoms with van der Waals surface area (Å²) in [7, 11) is -3.47. The molecule has 4 nitrogen and oxygen atoms in total. The van der Waals surface area contributed by atoms with Crippen LogP contribution in [0.5, 0.6) is 0 Å². The number of hydrogen-bond donors (Lipinski definition) is 2. The standard InChI is InChI=1S/C14H22N2O2S2/c1-10-11(9-15)5-3-8-14(10)20(17,18)16-12-6-4-7-13(12)19-2/h3,5,8,12-13,16H,4,6-7,9,15H2,1-2H3. The summed E-state index contributed by atoms with van der Waals surface area (Å²) in [5.41, 5.74) is 7.28. The minimum atomic E-state index is -3.47. The number of benzene rings is 1. The summed E-state index contributed by atoms with van der Waals surface area (Å²) in [6, 6.07) is 5.31. The third kappa shape index (κ3) is 3.19. The van der Waals surface area contributed by atoms with Crippen molar-refractivity contribution in [1.82, 2.24) is 4.72 Å². The van der Waals surface area contributed by atoms with Crippen LogP contribution in [0.3, 0.4) is 0 Å². The van der Waals surface area contributed by atoms with E-state index in [1.807, 2.05) is 19.2 Å². The lowest BCUT2D eigenvalue weighted by atomic mass is 10.1. The van der Waals surface area contributed by atoms with E-state index in [2.05, 4.69) is 4.72 Å². The third-order valence-corrected chi connectivity index (χ3v) is 6.77. The van der Waals surface area contributed by atoms with Gasteiger partial charge < -0.3 is 5.73 Å².